The normalized spacial score (nSPS) is 20.6. The van der Waals surface area contributed by atoms with Crippen molar-refractivity contribution >= 4 is 5.57 Å². The molecule has 0 heterocycles. The molecular formula is C20H30. The molecule has 1 aliphatic carbocycles. The fourth-order valence-electron chi connectivity index (χ4n) is 3.22. The monoisotopic (exact) mass is 270 g/mol. The predicted molar refractivity (Wildman–Crippen MR) is 89.8 cm³/mol. The maximum absolute atomic E-state index is 2.49. The molecule has 0 heteroatoms. The van der Waals surface area contributed by atoms with Crippen molar-refractivity contribution in [1.29, 1.82) is 0 Å². The molecule has 20 heavy (non-hydrogen) atoms. The quantitative estimate of drug-likeness (QED) is 0.572. The van der Waals surface area contributed by atoms with E-state index in [9.17, 15) is 0 Å². The Morgan fingerprint density at radius 1 is 1.15 bits per heavy atom. The Hall–Kier alpha value is -1.04. The third-order valence-corrected chi connectivity index (χ3v) is 4.82. The van der Waals surface area contributed by atoms with E-state index >= 15 is 0 Å². The Balaban J connectivity index is 1.97. The van der Waals surface area contributed by atoms with Gasteiger partial charge in [0.05, 0.1) is 0 Å². The highest BCUT2D eigenvalue weighted by molar-refractivity contribution is 5.66. The van der Waals surface area contributed by atoms with Crippen LogP contribution in [0.1, 0.15) is 70.4 Å². The van der Waals surface area contributed by atoms with Gasteiger partial charge in [0.25, 0.3) is 0 Å². The lowest BCUT2D eigenvalue weighted by molar-refractivity contribution is 0.445. The van der Waals surface area contributed by atoms with E-state index in [2.05, 4.69) is 51.1 Å². The summed E-state index contributed by atoms with van der Waals surface area (Å²) in [6.07, 6.45) is 11.7. The van der Waals surface area contributed by atoms with Crippen molar-refractivity contribution in [3.63, 3.8) is 0 Å². The van der Waals surface area contributed by atoms with Crippen LogP contribution in [0.3, 0.4) is 0 Å². The Bertz CT molecular complexity index is 424. The van der Waals surface area contributed by atoms with Gasteiger partial charge in [0.15, 0.2) is 0 Å². The summed E-state index contributed by atoms with van der Waals surface area (Å²) in [7, 11) is 0. The second-order valence-corrected chi connectivity index (χ2v) is 6.57. The lowest BCUT2D eigenvalue weighted by Gasteiger charge is -2.21. The first kappa shape index (κ1) is 15.4. The van der Waals surface area contributed by atoms with Crippen molar-refractivity contribution in [1.82, 2.24) is 0 Å². The summed E-state index contributed by atoms with van der Waals surface area (Å²) in [6.45, 7) is 6.92. The SMILES string of the molecule is CCCC1CC=C(c2ccc(CC(C)CC)cc2)CC1. The van der Waals surface area contributed by atoms with E-state index in [1.807, 2.05) is 0 Å². The molecule has 0 fully saturated rings. The second kappa shape index (κ2) is 7.67. The highest BCUT2D eigenvalue weighted by Crippen LogP contribution is 2.32. The Kier molecular flexibility index (Phi) is 5.88. The van der Waals surface area contributed by atoms with Crippen molar-refractivity contribution in [2.75, 3.05) is 0 Å². The zero-order chi connectivity index (χ0) is 14.4. The molecule has 0 spiro atoms. The summed E-state index contributed by atoms with van der Waals surface area (Å²) in [4.78, 5) is 0. The Morgan fingerprint density at radius 3 is 2.45 bits per heavy atom. The molecule has 0 aliphatic heterocycles. The van der Waals surface area contributed by atoms with Crippen LogP contribution in [0.5, 0.6) is 0 Å². The van der Waals surface area contributed by atoms with Gasteiger partial charge in [-0.2, -0.15) is 0 Å². The summed E-state index contributed by atoms with van der Waals surface area (Å²) in [5, 5.41) is 0. The van der Waals surface area contributed by atoms with Gasteiger partial charge in [-0.1, -0.05) is 70.4 Å². The first-order valence-corrected chi connectivity index (χ1v) is 8.51. The molecule has 1 aliphatic rings. The highest BCUT2D eigenvalue weighted by atomic mass is 14.2. The molecular weight excluding hydrogens is 240 g/mol. The van der Waals surface area contributed by atoms with Crippen LogP contribution in [0.2, 0.25) is 0 Å². The molecule has 2 atom stereocenters. The van der Waals surface area contributed by atoms with E-state index < -0.39 is 0 Å². The maximum atomic E-state index is 2.49. The molecule has 1 aromatic carbocycles. The first-order chi connectivity index (χ1) is 9.72. The Labute approximate surface area is 125 Å². The van der Waals surface area contributed by atoms with Crippen LogP contribution >= 0.6 is 0 Å². The van der Waals surface area contributed by atoms with Crippen molar-refractivity contribution in [2.45, 2.75) is 65.7 Å². The molecule has 110 valence electrons. The maximum Gasteiger partial charge on any atom is -0.0228 e. The van der Waals surface area contributed by atoms with Gasteiger partial charge in [-0.25, -0.2) is 0 Å². The van der Waals surface area contributed by atoms with E-state index in [-0.39, 0.29) is 0 Å². The van der Waals surface area contributed by atoms with Gasteiger partial charge in [0.1, 0.15) is 0 Å². The van der Waals surface area contributed by atoms with Crippen LogP contribution in [0.4, 0.5) is 0 Å². The lowest BCUT2D eigenvalue weighted by atomic mass is 9.84. The van der Waals surface area contributed by atoms with Crippen molar-refractivity contribution in [3.8, 4) is 0 Å². The van der Waals surface area contributed by atoms with Gasteiger partial charge in [-0.3, -0.25) is 0 Å². The summed E-state index contributed by atoms with van der Waals surface area (Å²) in [6, 6.07) is 9.34. The summed E-state index contributed by atoms with van der Waals surface area (Å²) in [5.74, 6) is 1.73. The molecule has 0 saturated carbocycles. The second-order valence-electron chi connectivity index (χ2n) is 6.57. The molecule has 1 aromatic rings. The number of allylic oxidation sites excluding steroid dienone is 2. The standard InChI is InChI=1S/C20H30/c1-4-6-17-7-11-19(12-8-17)20-13-9-18(10-14-20)15-16(3)5-2/h9-11,13-14,16-17H,4-8,12,15H2,1-3H3. The molecule has 0 N–H and O–H groups in total. The van der Waals surface area contributed by atoms with Gasteiger partial charge >= 0.3 is 0 Å². The smallest absolute Gasteiger partial charge is 0.0228 e. The fraction of sp³-hybridized carbons (Fsp3) is 0.600. The minimum absolute atomic E-state index is 0.796. The molecule has 0 bridgehead atoms. The lowest BCUT2D eigenvalue weighted by Crippen LogP contribution is -2.05. The number of hydrogen-bond donors (Lipinski definition) is 0. The van der Waals surface area contributed by atoms with Crippen LogP contribution in [0.15, 0.2) is 30.3 Å². The van der Waals surface area contributed by atoms with Gasteiger partial charge in [-0.15, -0.1) is 0 Å². The van der Waals surface area contributed by atoms with E-state index in [1.54, 1.807) is 5.57 Å². The Morgan fingerprint density at radius 2 is 1.90 bits per heavy atom. The number of hydrogen-bond acceptors (Lipinski definition) is 0. The van der Waals surface area contributed by atoms with Gasteiger partial charge in [-0.05, 0) is 54.2 Å². The molecule has 0 nitrogen and oxygen atoms in total. The third-order valence-electron chi connectivity index (χ3n) is 4.82. The third kappa shape index (κ3) is 4.23. The zero-order valence-electron chi connectivity index (χ0n) is 13.5. The predicted octanol–water partition coefficient (Wildman–Crippen LogP) is 6.26. The van der Waals surface area contributed by atoms with Gasteiger partial charge < -0.3 is 0 Å². The van der Waals surface area contributed by atoms with Crippen LogP contribution in [-0.4, -0.2) is 0 Å². The molecule has 0 aromatic heterocycles. The topological polar surface area (TPSA) is 0 Å². The molecule has 0 amide bonds. The average Bonchev–Trinajstić information content (AvgIpc) is 2.49. The van der Waals surface area contributed by atoms with Gasteiger partial charge in [0, 0.05) is 0 Å². The molecule has 0 saturated heterocycles. The first-order valence-electron chi connectivity index (χ1n) is 8.51. The number of benzene rings is 1. The van der Waals surface area contributed by atoms with Crippen molar-refractivity contribution < 1.29 is 0 Å². The largest absolute Gasteiger partial charge is 0.0804 e. The van der Waals surface area contributed by atoms with Crippen LogP contribution < -0.4 is 0 Å². The van der Waals surface area contributed by atoms with Crippen LogP contribution in [0.25, 0.3) is 5.57 Å². The minimum atomic E-state index is 0.796. The van der Waals surface area contributed by atoms with E-state index in [0.717, 1.165) is 11.8 Å². The molecule has 0 radical (unpaired) electrons. The van der Waals surface area contributed by atoms with E-state index in [1.165, 1.54) is 56.1 Å². The highest BCUT2D eigenvalue weighted by Gasteiger charge is 2.14. The van der Waals surface area contributed by atoms with Crippen LogP contribution in [0, 0.1) is 11.8 Å². The fourth-order valence-corrected chi connectivity index (χ4v) is 3.22. The number of rotatable bonds is 6. The van der Waals surface area contributed by atoms with E-state index in [0.29, 0.717) is 0 Å². The van der Waals surface area contributed by atoms with E-state index in [4.69, 9.17) is 0 Å². The van der Waals surface area contributed by atoms with Gasteiger partial charge in [0.2, 0.25) is 0 Å². The average molecular weight is 270 g/mol. The summed E-state index contributed by atoms with van der Waals surface area (Å²) < 4.78 is 0. The van der Waals surface area contributed by atoms with Crippen LogP contribution in [-0.2, 0) is 6.42 Å². The molecule has 2 rings (SSSR count). The zero-order valence-corrected chi connectivity index (χ0v) is 13.5. The molecule has 2 unspecified atom stereocenters. The van der Waals surface area contributed by atoms with Crippen molar-refractivity contribution in [2.24, 2.45) is 11.8 Å². The minimum Gasteiger partial charge on any atom is -0.0804 e. The summed E-state index contributed by atoms with van der Waals surface area (Å²) in [5.41, 5.74) is 4.52. The van der Waals surface area contributed by atoms with Crippen molar-refractivity contribution in [3.05, 3.63) is 41.5 Å². The summed E-state index contributed by atoms with van der Waals surface area (Å²) >= 11 is 0.